The van der Waals surface area contributed by atoms with Crippen molar-refractivity contribution < 1.29 is 18.7 Å². The summed E-state index contributed by atoms with van der Waals surface area (Å²) in [5.74, 6) is 1.57. The Balaban J connectivity index is 2.49. The maximum absolute atomic E-state index is 12.4. The molecule has 1 aromatic heterocycles. The van der Waals surface area contributed by atoms with Crippen LogP contribution in [0.5, 0.6) is 11.5 Å². The van der Waals surface area contributed by atoms with Gasteiger partial charge in [-0.25, -0.2) is 0 Å². The molecule has 0 amide bonds. The van der Waals surface area contributed by atoms with Gasteiger partial charge in [0.05, 0.1) is 31.6 Å². The van der Waals surface area contributed by atoms with Gasteiger partial charge in [-0.05, 0) is 31.2 Å². The summed E-state index contributed by atoms with van der Waals surface area (Å²) in [6, 6.07) is 6.77. The monoisotopic (exact) mass is 246 g/mol. The molecule has 2 rings (SSSR count). The smallest absolute Gasteiger partial charge is 0.200 e. The Labute approximate surface area is 105 Å². The molecule has 1 aromatic carbocycles. The number of methoxy groups -OCH3 is 2. The molecule has 0 saturated carbocycles. The Morgan fingerprint density at radius 3 is 2.44 bits per heavy atom. The fourth-order valence-electron chi connectivity index (χ4n) is 1.76. The van der Waals surface area contributed by atoms with Crippen LogP contribution < -0.4 is 9.47 Å². The molecule has 0 radical (unpaired) electrons. The topological polar surface area (TPSA) is 48.7 Å². The zero-order valence-electron chi connectivity index (χ0n) is 10.5. The van der Waals surface area contributed by atoms with E-state index < -0.39 is 0 Å². The third-order valence-corrected chi connectivity index (χ3v) is 2.75. The van der Waals surface area contributed by atoms with Crippen LogP contribution in [0.1, 0.15) is 21.7 Å². The Morgan fingerprint density at radius 1 is 1.11 bits per heavy atom. The van der Waals surface area contributed by atoms with Crippen LogP contribution in [-0.4, -0.2) is 20.0 Å². The first-order chi connectivity index (χ1) is 8.67. The van der Waals surface area contributed by atoms with Crippen molar-refractivity contribution in [1.82, 2.24) is 0 Å². The number of furan rings is 1. The standard InChI is InChI=1S/C14H14O4/c1-9-11(6-7-18-9)14(15)12-8-10(16-2)4-5-13(12)17-3/h4-8H,1-3H3. The van der Waals surface area contributed by atoms with E-state index in [0.717, 1.165) is 0 Å². The maximum Gasteiger partial charge on any atom is 0.200 e. The van der Waals surface area contributed by atoms with Crippen molar-refractivity contribution in [1.29, 1.82) is 0 Å². The van der Waals surface area contributed by atoms with Crippen LogP contribution in [0.25, 0.3) is 0 Å². The number of carbonyl (C=O) groups is 1. The van der Waals surface area contributed by atoms with Gasteiger partial charge in [0.25, 0.3) is 0 Å². The first-order valence-electron chi connectivity index (χ1n) is 5.48. The molecule has 4 nitrogen and oxygen atoms in total. The summed E-state index contributed by atoms with van der Waals surface area (Å²) in [5, 5.41) is 0. The average molecular weight is 246 g/mol. The van der Waals surface area contributed by atoms with E-state index in [1.807, 2.05) is 0 Å². The molecule has 0 N–H and O–H groups in total. The summed E-state index contributed by atoms with van der Waals surface area (Å²) in [6.45, 7) is 1.75. The molecular formula is C14H14O4. The second-order valence-corrected chi connectivity index (χ2v) is 3.79. The highest BCUT2D eigenvalue weighted by Crippen LogP contribution is 2.27. The van der Waals surface area contributed by atoms with Crippen molar-refractivity contribution in [2.45, 2.75) is 6.92 Å². The lowest BCUT2D eigenvalue weighted by Crippen LogP contribution is -2.04. The van der Waals surface area contributed by atoms with Crippen LogP contribution in [-0.2, 0) is 0 Å². The lowest BCUT2D eigenvalue weighted by atomic mass is 10.0. The normalized spacial score (nSPS) is 10.2. The van der Waals surface area contributed by atoms with E-state index >= 15 is 0 Å². The maximum atomic E-state index is 12.4. The number of ketones is 1. The largest absolute Gasteiger partial charge is 0.497 e. The molecule has 1 heterocycles. The Morgan fingerprint density at radius 2 is 1.89 bits per heavy atom. The highest BCUT2D eigenvalue weighted by Gasteiger charge is 2.18. The van der Waals surface area contributed by atoms with Gasteiger partial charge < -0.3 is 13.9 Å². The van der Waals surface area contributed by atoms with Crippen molar-refractivity contribution in [2.24, 2.45) is 0 Å². The number of carbonyl (C=O) groups excluding carboxylic acids is 1. The second kappa shape index (κ2) is 4.96. The second-order valence-electron chi connectivity index (χ2n) is 3.79. The average Bonchev–Trinajstić information content (AvgIpc) is 2.83. The molecule has 0 aliphatic rings. The molecule has 0 saturated heterocycles. The molecule has 0 bridgehead atoms. The summed E-state index contributed by atoms with van der Waals surface area (Å²) in [4.78, 5) is 12.4. The molecule has 0 spiro atoms. The SMILES string of the molecule is COc1ccc(OC)c(C(=O)c2ccoc2C)c1. The van der Waals surface area contributed by atoms with Gasteiger partial charge in [-0.15, -0.1) is 0 Å². The van der Waals surface area contributed by atoms with Gasteiger partial charge in [-0.3, -0.25) is 4.79 Å². The minimum atomic E-state index is -0.142. The van der Waals surface area contributed by atoms with Gasteiger partial charge in [-0.2, -0.15) is 0 Å². The van der Waals surface area contributed by atoms with E-state index in [1.165, 1.54) is 13.4 Å². The number of rotatable bonds is 4. The van der Waals surface area contributed by atoms with Crippen molar-refractivity contribution >= 4 is 5.78 Å². The molecule has 0 aliphatic heterocycles. The number of hydrogen-bond donors (Lipinski definition) is 0. The molecule has 18 heavy (non-hydrogen) atoms. The van der Waals surface area contributed by atoms with Crippen LogP contribution in [0, 0.1) is 6.92 Å². The number of aryl methyl sites for hydroxylation is 1. The summed E-state index contributed by atoms with van der Waals surface area (Å²) >= 11 is 0. The van der Waals surface area contributed by atoms with E-state index in [2.05, 4.69) is 0 Å². The minimum Gasteiger partial charge on any atom is -0.497 e. The summed E-state index contributed by atoms with van der Waals surface area (Å²) < 4.78 is 15.5. The van der Waals surface area contributed by atoms with E-state index in [9.17, 15) is 4.79 Å². The molecule has 0 atom stereocenters. The third kappa shape index (κ3) is 2.09. The van der Waals surface area contributed by atoms with Gasteiger partial charge >= 0.3 is 0 Å². The summed E-state index contributed by atoms with van der Waals surface area (Å²) in [7, 11) is 3.08. The van der Waals surface area contributed by atoms with Gasteiger partial charge in [-0.1, -0.05) is 0 Å². The predicted molar refractivity (Wildman–Crippen MR) is 66.4 cm³/mol. The first-order valence-corrected chi connectivity index (χ1v) is 5.48. The molecule has 4 heteroatoms. The van der Waals surface area contributed by atoms with Gasteiger partial charge in [0.15, 0.2) is 5.78 Å². The van der Waals surface area contributed by atoms with Gasteiger partial charge in [0, 0.05) is 0 Å². The van der Waals surface area contributed by atoms with Crippen molar-refractivity contribution in [3.8, 4) is 11.5 Å². The van der Waals surface area contributed by atoms with Crippen LogP contribution in [0.4, 0.5) is 0 Å². The summed E-state index contributed by atoms with van der Waals surface area (Å²) in [6.07, 6.45) is 1.50. The molecule has 0 unspecified atom stereocenters. The van der Waals surface area contributed by atoms with Crippen LogP contribution >= 0.6 is 0 Å². The van der Waals surface area contributed by atoms with E-state index in [0.29, 0.717) is 28.4 Å². The van der Waals surface area contributed by atoms with Crippen LogP contribution in [0.15, 0.2) is 34.9 Å². The lowest BCUT2D eigenvalue weighted by Gasteiger charge is -2.09. The Hall–Kier alpha value is -2.23. The van der Waals surface area contributed by atoms with Gasteiger partial charge in [0.1, 0.15) is 17.3 Å². The van der Waals surface area contributed by atoms with Crippen molar-refractivity contribution in [3.63, 3.8) is 0 Å². The first kappa shape index (κ1) is 12.2. The molecule has 94 valence electrons. The van der Waals surface area contributed by atoms with Crippen molar-refractivity contribution in [2.75, 3.05) is 14.2 Å². The zero-order valence-corrected chi connectivity index (χ0v) is 10.5. The molecule has 2 aromatic rings. The van der Waals surface area contributed by atoms with Crippen molar-refractivity contribution in [3.05, 3.63) is 47.4 Å². The fraction of sp³-hybridized carbons (Fsp3) is 0.214. The molecule has 0 aliphatic carbocycles. The number of benzene rings is 1. The molecular weight excluding hydrogens is 232 g/mol. The quantitative estimate of drug-likeness (QED) is 0.778. The fourth-order valence-corrected chi connectivity index (χ4v) is 1.76. The van der Waals surface area contributed by atoms with Crippen LogP contribution in [0.2, 0.25) is 0 Å². The van der Waals surface area contributed by atoms with Gasteiger partial charge in [0.2, 0.25) is 0 Å². The Bertz CT molecular complexity index is 569. The van der Waals surface area contributed by atoms with Crippen LogP contribution in [0.3, 0.4) is 0 Å². The predicted octanol–water partition coefficient (Wildman–Crippen LogP) is 2.84. The zero-order chi connectivity index (χ0) is 13.1. The summed E-state index contributed by atoms with van der Waals surface area (Å²) in [5.41, 5.74) is 0.989. The Kier molecular flexibility index (Phi) is 3.37. The van der Waals surface area contributed by atoms with E-state index in [4.69, 9.17) is 13.9 Å². The molecule has 0 fully saturated rings. The number of hydrogen-bond acceptors (Lipinski definition) is 4. The highest BCUT2D eigenvalue weighted by molar-refractivity contribution is 6.11. The highest BCUT2D eigenvalue weighted by atomic mass is 16.5. The lowest BCUT2D eigenvalue weighted by molar-refractivity contribution is 0.103. The van der Waals surface area contributed by atoms with E-state index in [-0.39, 0.29) is 5.78 Å². The minimum absolute atomic E-state index is 0.142. The number of ether oxygens (including phenoxy) is 2. The van der Waals surface area contributed by atoms with E-state index in [1.54, 1.807) is 38.3 Å². The third-order valence-electron chi connectivity index (χ3n) is 2.75.